The Labute approximate surface area is 177 Å². The standard InChI is InChI=1S/C17H12FN7OS3/c1-9-21-17(29-25-9)23-16(26)15-12(27-11-6-10(18)7-19-8-11)2-3-13(22-15)28-14-4-5-20-24-14/h2-3,5-8H,4H2,1H3,(H,21,23,25,26). The highest BCUT2D eigenvalue weighted by Gasteiger charge is 2.19. The number of hydrogen-bond donors (Lipinski definition) is 1. The molecular weight excluding hydrogens is 433 g/mol. The van der Waals surface area contributed by atoms with Crippen LogP contribution < -0.4 is 5.32 Å². The first-order valence-electron chi connectivity index (χ1n) is 8.24. The van der Waals surface area contributed by atoms with Gasteiger partial charge in [0, 0.05) is 40.2 Å². The topological polar surface area (TPSA) is 105 Å². The van der Waals surface area contributed by atoms with E-state index in [1.807, 2.05) is 0 Å². The molecular formula is C17H12FN7OS3. The lowest BCUT2D eigenvalue weighted by Gasteiger charge is -2.10. The van der Waals surface area contributed by atoms with Crippen LogP contribution in [0.4, 0.5) is 9.52 Å². The molecule has 0 saturated carbocycles. The average molecular weight is 446 g/mol. The molecule has 1 amide bonds. The summed E-state index contributed by atoms with van der Waals surface area (Å²) >= 11 is 3.63. The van der Waals surface area contributed by atoms with Crippen molar-refractivity contribution in [3.8, 4) is 0 Å². The van der Waals surface area contributed by atoms with Crippen molar-refractivity contribution in [1.82, 2.24) is 19.3 Å². The highest BCUT2D eigenvalue weighted by Crippen LogP contribution is 2.32. The highest BCUT2D eigenvalue weighted by molar-refractivity contribution is 8.14. The maximum Gasteiger partial charge on any atom is 0.277 e. The number of thioether (sulfide) groups is 1. The number of halogens is 1. The number of nitrogens with zero attached hydrogens (tertiary/aromatic N) is 6. The summed E-state index contributed by atoms with van der Waals surface area (Å²) in [4.78, 5) is 26.5. The van der Waals surface area contributed by atoms with E-state index in [1.165, 1.54) is 35.8 Å². The molecule has 29 heavy (non-hydrogen) atoms. The summed E-state index contributed by atoms with van der Waals surface area (Å²) in [5.74, 6) is -0.313. The molecule has 12 heteroatoms. The summed E-state index contributed by atoms with van der Waals surface area (Å²) in [7, 11) is 0. The number of carbonyl (C=O) groups is 1. The summed E-state index contributed by atoms with van der Waals surface area (Å²) in [6.07, 6.45) is 4.98. The molecule has 0 spiro atoms. The summed E-state index contributed by atoms with van der Waals surface area (Å²) in [6.45, 7) is 1.74. The lowest BCUT2D eigenvalue weighted by atomic mass is 10.3. The van der Waals surface area contributed by atoms with Crippen LogP contribution in [0.25, 0.3) is 0 Å². The minimum atomic E-state index is -0.454. The normalized spacial score (nSPS) is 12.8. The Hall–Kier alpha value is -2.70. The molecule has 0 radical (unpaired) electrons. The molecule has 4 heterocycles. The largest absolute Gasteiger partial charge is 0.295 e. The van der Waals surface area contributed by atoms with Crippen molar-refractivity contribution in [2.75, 3.05) is 5.32 Å². The summed E-state index contributed by atoms with van der Waals surface area (Å²) in [5.41, 5.74) is 0.191. The van der Waals surface area contributed by atoms with E-state index in [2.05, 4.69) is 34.8 Å². The Kier molecular flexibility index (Phi) is 5.92. The van der Waals surface area contributed by atoms with Gasteiger partial charge in [0.15, 0.2) is 0 Å². The molecule has 1 N–H and O–H groups in total. The van der Waals surface area contributed by atoms with Gasteiger partial charge >= 0.3 is 0 Å². The van der Waals surface area contributed by atoms with Crippen LogP contribution in [0.3, 0.4) is 0 Å². The van der Waals surface area contributed by atoms with Crippen molar-refractivity contribution in [3.05, 3.63) is 47.9 Å². The van der Waals surface area contributed by atoms with Crippen molar-refractivity contribution in [2.24, 2.45) is 10.2 Å². The number of hydrogen-bond acceptors (Lipinski definition) is 10. The fourth-order valence-electron chi connectivity index (χ4n) is 2.26. The lowest BCUT2D eigenvalue weighted by Crippen LogP contribution is -2.15. The number of rotatable bonds is 5. The number of amides is 1. The molecule has 0 unspecified atom stereocenters. The predicted octanol–water partition coefficient (Wildman–Crippen LogP) is 4.06. The quantitative estimate of drug-likeness (QED) is 0.631. The van der Waals surface area contributed by atoms with Crippen LogP contribution in [0.15, 0.2) is 55.6 Å². The molecule has 0 fully saturated rings. The Morgan fingerprint density at radius 2 is 2.14 bits per heavy atom. The third-order valence-corrected chi connectivity index (χ3v) is 6.09. The maximum atomic E-state index is 13.5. The van der Waals surface area contributed by atoms with Crippen LogP contribution in [0.5, 0.6) is 0 Å². The van der Waals surface area contributed by atoms with E-state index < -0.39 is 11.7 Å². The number of pyridine rings is 2. The second-order valence-corrected chi connectivity index (χ2v) is 8.60. The van der Waals surface area contributed by atoms with E-state index in [4.69, 9.17) is 0 Å². The van der Waals surface area contributed by atoms with Crippen molar-refractivity contribution >= 4 is 57.4 Å². The van der Waals surface area contributed by atoms with Crippen molar-refractivity contribution in [3.63, 3.8) is 0 Å². The van der Waals surface area contributed by atoms with E-state index in [-0.39, 0.29) is 5.69 Å². The monoisotopic (exact) mass is 445 g/mol. The van der Waals surface area contributed by atoms with Crippen molar-refractivity contribution < 1.29 is 9.18 Å². The summed E-state index contributed by atoms with van der Waals surface area (Å²) in [5, 5.41) is 12.3. The van der Waals surface area contributed by atoms with Gasteiger partial charge in [0.1, 0.15) is 27.4 Å². The van der Waals surface area contributed by atoms with E-state index >= 15 is 0 Å². The summed E-state index contributed by atoms with van der Waals surface area (Å²) < 4.78 is 17.6. The van der Waals surface area contributed by atoms with Crippen LogP contribution in [0.2, 0.25) is 0 Å². The number of anilines is 1. The van der Waals surface area contributed by atoms with E-state index in [9.17, 15) is 9.18 Å². The zero-order chi connectivity index (χ0) is 20.2. The molecule has 1 aliphatic heterocycles. The van der Waals surface area contributed by atoms with Gasteiger partial charge in [-0.2, -0.15) is 9.47 Å². The molecule has 0 saturated heterocycles. The van der Waals surface area contributed by atoms with Gasteiger partial charge in [-0.1, -0.05) is 23.5 Å². The fourth-order valence-corrected chi connectivity index (χ4v) is 4.50. The van der Waals surface area contributed by atoms with Crippen LogP contribution in [-0.2, 0) is 0 Å². The van der Waals surface area contributed by atoms with Gasteiger partial charge in [-0.25, -0.2) is 14.4 Å². The SMILES string of the molecule is Cc1nsc(NC(=O)c2nc(SC3=NN=CC3)ccc2Sc2cncc(F)c2)n1. The predicted molar refractivity (Wildman–Crippen MR) is 112 cm³/mol. The van der Waals surface area contributed by atoms with E-state index in [0.29, 0.717) is 32.2 Å². The third kappa shape index (κ3) is 5.02. The highest BCUT2D eigenvalue weighted by atomic mass is 32.2. The van der Waals surface area contributed by atoms with Gasteiger partial charge in [0.05, 0.1) is 6.20 Å². The molecule has 1 aliphatic rings. The number of carbonyl (C=O) groups excluding carboxylic acids is 1. The first kappa shape index (κ1) is 19.6. The van der Waals surface area contributed by atoms with Crippen LogP contribution in [0, 0.1) is 12.7 Å². The number of aromatic nitrogens is 4. The van der Waals surface area contributed by atoms with Gasteiger partial charge in [-0.15, -0.1) is 5.10 Å². The smallest absolute Gasteiger partial charge is 0.277 e. The second kappa shape index (κ2) is 8.76. The van der Waals surface area contributed by atoms with Gasteiger partial charge in [-0.05, 0) is 25.1 Å². The molecule has 0 atom stereocenters. The first-order valence-corrected chi connectivity index (χ1v) is 10.6. The summed E-state index contributed by atoms with van der Waals surface area (Å²) in [6, 6.07) is 4.90. The van der Waals surface area contributed by atoms with E-state index in [0.717, 1.165) is 22.8 Å². The number of aryl methyl sites for hydroxylation is 1. The van der Waals surface area contributed by atoms with Crippen LogP contribution in [-0.4, -0.2) is 36.5 Å². The molecule has 146 valence electrons. The Morgan fingerprint density at radius 1 is 1.24 bits per heavy atom. The van der Waals surface area contributed by atoms with Crippen molar-refractivity contribution in [2.45, 2.75) is 28.2 Å². The third-order valence-electron chi connectivity index (χ3n) is 3.44. The second-order valence-electron chi connectivity index (χ2n) is 5.64. The molecule has 0 bridgehead atoms. The van der Waals surface area contributed by atoms with E-state index in [1.54, 1.807) is 25.3 Å². The minimum Gasteiger partial charge on any atom is -0.295 e. The molecule has 0 aromatic carbocycles. The van der Waals surface area contributed by atoms with Gasteiger partial charge in [0.25, 0.3) is 5.91 Å². The van der Waals surface area contributed by atoms with Gasteiger partial charge in [-0.3, -0.25) is 15.1 Å². The first-order chi connectivity index (χ1) is 14.1. The van der Waals surface area contributed by atoms with Crippen LogP contribution in [0.1, 0.15) is 22.7 Å². The zero-order valence-electron chi connectivity index (χ0n) is 14.9. The zero-order valence-corrected chi connectivity index (χ0v) is 17.3. The maximum absolute atomic E-state index is 13.5. The van der Waals surface area contributed by atoms with Gasteiger partial charge in [0.2, 0.25) is 5.13 Å². The molecule has 8 nitrogen and oxygen atoms in total. The Morgan fingerprint density at radius 3 is 2.86 bits per heavy atom. The fraction of sp³-hybridized carbons (Fsp3) is 0.118. The van der Waals surface area contributed by atoms with Gasteiger partial charge < -0.3 is 0 Å². The molecule has 3 aromatic heterocycles. The molecule has 4 rings (SSSR count). The minimum absolute atomic E-state index is 0.191. The lowest BCUT2D eigenvalue weighted by molar-refractivity contribution is 0.101. The molecule has 3 aromatic rings. The van der Waals surface area contributed by atoms with Crippen molar-refractivity contribution in [1.29, 1.82) is 0 Å². The average Bonchev–Trinajstić information content (AvgIpc) is 3.34. The Balaban J connectivity index is 1.64. The Bertz CT molecular complexity index is 1130. The van der Waals surface area contributed by atoms with Crippen LogP contribution >= 0.6 is 35.1 Å². The molecule has 0 aliphatic carbocycles. The number of nitrogens with one attached hydrogen (secondary N) is 1.